The monoisotopic (exact) mass is 274 g/mol. The van der Waals surface area contributed by atoms with Gasteiger partial charge in [0.2, 0.25) is 0 Å². The molecule has 1 heterocycles. The molecule has 0 bridgehead atoms. The van der Waals surface area contributed by atoms with Crippen molar-refractivity contribution in [2.75, 3.05) is 19.0 Å². The van der Waals surface area contributed by atoms with Gasteiger partial charge in [-0.3, -0.25) is 0 Å². The summed E-state index contributed by atoms with van der Waals surface area (Å²) in [4.78, 5) is 22.0. The van der Waals surface area contributed by atoms with Crippen molar-refractivity contribution in [1.82, 2.24) is 0 Å². The molecule has 0 aliphatic carbocycles. The molecule has 0 N–H and O–H groups in total. The normalized spacial score (nSPS) is 25.7. The van der Waals surface area contributed by atoms with E-state index in [4.69, 9.17) is 14.2 Å². The van der Waals surface area contributed by atoms with Gasteiger partial charge in [0.05, 0.1) is 6.61 Å². The van der Waals surface area contributed by atoms with E-state index in [0.29, 0.717) is 13.2 Å². The number of hydrogen-bond acceptors (Lipinski definition) is 6. The highest BCUT2D eigenvalue weighted by Gasteiger charge is 2.33. The largest absolute Gasteiger partial charge is 0.447 e. The molecule has 1 fully saturated rings. The molecule has 0 radical (unpaired) electrons. The lowest BCUT2D eigenvalue weighted by Gasteiger charge is -2.27. The van der Waals surface area contributed by atoms with E-state index >= 15 is 0 Å². The lowest BCUT2D eigenvalue weighted by molar-refractivity contribution is -0.171. The van der Waals surface area contributed by atoms with Crippen LogP contribution in [0.1, 0.15) is 20.3 Å². The van der Waals surface area contributed by atoms with Gasteiger partial charge in [0.25, 0.3) is 0 Å². The summed E-state index contributed by atoms with van der Waals surface area (Å²) in [6.45, 7) is 7.53. The summed E-state index contributed by atoms with van der Waals surface area (Å²) in [6, 6.07) is 0. The molecule has 2 unspecified atom stereocenters. The first-order chi connectivity index (χ1) is 8.47. The fraction of sp³-hybridized carbons (Fsp3) is 0.667. The van der Waals surface area contributed by atoms with Crippen molar-refractivity contribution in [3.05, 3.63) is 12.7 Å². The predicted molar refractivity (Wildman–Crippen MR) is 68.1 cm³/mol. The van der Waals surface area contributed by atoms with Crippen LogP contribution in [0.4, 0.5) is 0 Å². The minimum Gasteiger partial charge on any atom is -0.447 e. The average Bonchev–Trinajstić information content (AvgIpc) is 2.53. The molecule has 0 spiro atoms. The fourth-order valence-electron chi connectivity index (χ4n) is 1.37. The Morgan fingerprint density at radius 1 is 1.56 bits per heavy atom. The smallest absolute Gasteiger partial charge is 0.348 e. The van der Waals surface area contributed by atoms with Crippen LogP contribution in [-0.4, -0.2) is 41.9 Å². The molecule has 0 aromatic carbocycles. The second kappa shape index (κ2) is 6.80. The van der Waals surface area contributed by atoms with E-state index in [1.54, 1.807) is 6.92 Å². The van der Waals surface area contributed by atoms with Gasteiger partial charge in [-0.05, 0) is 26.0 Å². The van der Waals surface area contributed by atoms with E-state index < -0.39 is 23.0 Å². The van der Waals surface area contributed by atoms with Gasteiger partial charge in [-0.2, -0.15) is 0 Å². The van der Waals surface area contributed by atoms with Crippen molar-refractivity contribution in [3.8, 4) is 0 Å². The summed E-state index contributed by atoms with van der Waals surface area (Å²) in [7, 11) is 0. The minimum atomic E-state index is -0.948. The maximum absolute atomic E-state index is 11.8. The number of hydrogen-bond donors (Lipinski definition) is 0. The summed E-state index contributed by atoms with van der Waals surface area (Å²) < 4.78 is 15.5. The van der Waals surface area contributed by atoms with Crippen LogP contribution in [0.25, 0.3) is 0 Å². The Morgan fingerprint density at radius 3 is 2.94 bits per heavy atom. The van der Waals surface area contributed by atoms with Gasteiger partial charge in [0.1, 0.15) is 0 Å². The topological polar surface area (TPSA) is 61.8 Å². The van der Waals surface area contributed by atoms with E-state index in [0.717, 1.165) is 18.2 Å². The third kappa shape index (κ3) is 4.70. The average molecular weight is 274 g/mol. The number of rotatable bonds is 4. The summed E-state index contributed by atoms with van der Waals surface area (Å²) >= 11 is 1.53. The second-order valence-electron chi connectivity index (χ2n) is 4.09. The van der Waals surface area contributed by atoms with Crippen LogP contribution in [0.5, 0.6) is 0 Å². The summed E-state index contributed by atoms with van der Waals surface area (Å²) in [5, 5.41) is 0. The van der Waals surface area contributed by atoms with Gasteiger partial charge >= 0.3 is 11.9 Å². The van der Waals surface area contributed by atoms with Crippen molar-refractivity contribution in [2.24, 2.45) is 0 Å². The predicted octanol–water partition coefficient (Wildman–Crippen LogP) is 1.52. The maximum Gasteiger partial charge on any atom is 0.348 e. The number of ether oxygens (including phenoxy) is 3. The fourth-order valence-corrected chi connectivity index (χ4v) is 2.38. The third-order valence-electron chi connectivity index (χ3n) is 2.31. The molecule has 1 aliphatic rings. The van der Waals surface area contributed by atoms with Crippen LogP contribution in [0.15, 0.2) is 12.7 Å². The Hall–Kier alpha value is -1.01. The molecule has 5 nitrogen and oxygen atoms in total. The summed E-state index contributed by atoms with van der Waals surface area (Å²) in [6.07, 6.45) is 0.990. The summed E-state index contributed by atoms with van der Waals surface area (Å²) in [5.41, 5.74) is 0. The van der Waals surface area contributed by atoms with E-state index in [-0.39, 0.29) is 0 Å². The molecular weight excluding hydrogens is 256 g/mol. The van der Waals surface area contributed by atoms with Crippen molar-refractivity contribution < 1.29 is 23.8 Å². The third-order valence-corrected chi connectivity index (χ3v) is 3.62. The second-order valence-corrected chi connectivity index (χ2v) is 5.65. The molecule has 18 heavy (non-hydrogen) atoms. The minimum absolute atomic E-state index is 0.339. The number of carbonyl (C=O) groups excluding carboxylic acids is 2. The Morgan fingerprint density at radius 2 is 2.28 bits per heavy atom. The molecule has 1 saturated heterocycles. The molecule has 0 amide bonds. The standard InChI is InChI=1S/C12H18O5S/c1-4-10(13)16-9(2)11(14)17-12(3)8-15-6-5-7-18-12/h4,9H,1,5-8H2,2-3H3. The van der Waals surface area contributed by atoms with Crippen LogP contribution < -0.4 is 0 Å². The zero-order valence-corrected chi connectivity index (χ0v) is 11.5. The van der Waals surface area contributed by atoms with Crippen molar-refractivity contribution >= 4 is 23.7 Å². The van der Waals surface area contributed by atoms with Crippen molar-refractivity contribution in [2.45, 2.75) is 31.3 Å². The van der Waals surface area contributed by atoms with Crippen LogP contribution in [0.3, 0.4) is 0 Å². The van der Waals surface area contributed by atoms with Crippen molar-refractivity contribution in [3.63, 3.8) is 0 Å². The Balaban J connectivity index is 2.51. The molecule has 102 valence electrons. The number of carbonyl (C=O) groups is 2. The molecule has 1 rings (SSSR count). The summed E-state index contributed by atoms with van der Waals surface area (Å²) in [5.74, 6) is -0.356. The molecule has 0 aromatic rings. The van der Waals surface area contributed by atoms with Gasteiger partial charge in [-0.15, -0.1) is 11.8 Å². The Kier molecular flexibility index (Phi) is 5.68. The van der Waals surface area contributed by atoms with Gasteiger partial charge in [-0.1, -0.05) is 6.58 Å². The molecule has 1 aliphatic heterocycles. The molecular formula is C12H18O5S. The molecule has 6 heteroatoms. The van der Waals surface area contributed by atoms with E-state index in [9.17, 15) is 9.59 Å². The SMILES string of the molecule is C=CC(=O)OC(C)C(=O)OC1(C)COCCCS1. The van der Waals surface area contributed by atoms with E-state index in [1.165, 1.54) is 18.7 Å². The zero-order valence-electron chi connectivity index (χ0n) is 10.6. The van der Waals surface area contributed by atoms with E-state index in [1.807, 2.05) is 0 Å². The Labute approximate surface area is 111 Å². The first kappa shape index (κ1) is 15.0. The number of thioether (sulfide) groups is 1. The van der Waals surface area contributed by atoms with E-state index in [2.05, 4.69) is 6.58 Å². The highest BCUT2D eigenvalue weighted by Crippen LogP contribution is 2.30. The van der Waals surface area contributed by atoms with Crippen LogP contribution >= 0.6 is 11.8 Å². The molecule has 0 saturated carbocycles. The van der Waals surface area contributed by atoms with Gasteiger partial charge in [-0.25, -0.2) is 9.59 Å². The lowest BCUT2D eigenvalue weighted by atomic mass is 10.3. The van der Waals surface area contributed by atoms with Gasteiger partial charge in [0.15, 0.2) is 11.0 Å². The Bertz CT molecular complexity index is 320. The highest BCUT2D eigenvalue weighted by molar-refractivity contribution is 8.00. The van der Waals surface area contributed by atoms with Gasteiger partial charge < -0.3 is 14.2 Å². The number of esters is 2. The highest BCUT2D eigenvalue weighted by atomic mass is 32.2. The molecule has 0 aromatic heterocycles. The van der Waals surface area contributed by atoms with Crippen LogP contribution in [0.2, 0.25) is 0 Å². The molecule has 2 atom stereocenters. The first-order valence-electron chi connectivity index (χ1n) is 5.74. The first-order valence-corrected chi connectivity index (χ1v) is 6.73. The maximum atomic E-state index is 11.8. The zero-order chi connectivity index (χ0) is 13.6. The van der Waals surface area contributed by atoms with Gasteiger partial charge in [0, 0.05) is 12.7 Å². The van der Waals surface area contributed by atoms with Crippen LogP contribution in [-0.2, 0) is 23.8 Å². The van der Waals surface area contributed by atoms with Crippen molar-refractivity contribution in [1.29, 1.82) is 0 Å². The van der Waals surface area contributed by atoms with Crippen LogP contribution in [0, 0.1) is 0 Å². The quantitative estimate of drug-likeness (QED) is 0.572. The lowest BCUT2D eigenvalue weighted by Crippen LogP contribution is -2.37.